The fourth-order valence-electron chi connectivity index (χ4n) is 1.94. The van der Waals surface area contributed by atoms with Crippen LogP contribution in [0.4, 0.5) is 0 Å². The normalized spacial score (nSPS) is 18.2. The van der Waals surface area contributed by atoms with Gasteiger partial charge in [0.05, 0.1) is 12.1 Å². The van der Waals surface area contributed by atoms with E-state index >= 15 is 0 Å². The molecule has 2 N–H and O–H groups in total. The first kappa shape index (κ1) is 12.2. The Morgan fingerprint density at radius 3 is 3.06 bits per heavy atom. The van der Waals surface area contributed by atoms with Crippen LogP contribution in [0.25, 0.3) is 0 Å². The number of rotatable bonds is 4. The van der Waals surface area contributed by atoms with Gasteiger partial charge in [0.25, 0.3) is 0 Å². The average Bonchev–Trinajstić information content (AvgIpc) is 2.77. The third-order valence-corrected chi connectivity index (χ3v) is 4.42. The number of hydrogen-bond donors (Lipinski definition) is 2. The first-order valence-corrected chi connectivity index (χ1v) is 6.95. The molecule has 4 heteroatoms. The van der Waals surface area contributed by atoms with Crippen LogP contribution in [0, 0.1) is 0 Å². The van der Waals surface area contributed by atoms with E-state index in [1.807, 2.05) is 24.9 Å². The van der Waals surface area contributed by atoms with Crippen molar-refractivity contribution in [1.82, 2.24) is 5.32 Å². The van der Waals surface area contributed by atoms with Crippen LogP contribution in [0.2, 0.25) is 0 Å². The van der Waals surface area contributed by atoms with Gasteiger partial charge in [-0.1, -0.05) is 12.1 Å². The quantitative estimate of drug-likeness (QED) is 0.812. The van der Waals surface area contributed by atoms with Gasteiger partial charge in [0.2, 0.25) is 0 Å². The SMILES string of the molecule is CNC(CCl)C(O)c1ccc2c(c1)CCS2. The minimum atomic E-state index is -0.529. The van der Waals surface area contributed by atoms with Gasteiger partial charge in [-0.3, -0.25) is 0 Å². The molecule has 0 bridgehead atoms. The molecule has 1 aliphatic heterocycles. The van der Waals surface area contributed by atoms with Gasteiger partial charge in [0.15, 0.2) is 0 Å². The Kier molecular flexibility index (Phi) is 4.14. The number of fused-ring (bicyclic) bond motifs is 1. The molecule has 1 aromatic carbocycles. The Morgan fingerprint density at radius 1 is 1.56 bits per heavy atom. The molecule has 0 saturated carbocycles. The Hall–Kier alpha value is -0.220. The van der Waals surface area contributed by atoms with Gasteiger partial charge in [-0.25, -0.2) is 0 Å². The summed E-state index contributed by atoms with van der Waals surface area (Å²) in [4.78, 5) is 1.35. The highest BCUT2D eigenvalue weighted by molar-refractivity contribution is 7.99. The molecular weight excluding hydrogens is 242 g/mol. The van der Waals surface area contributed by atoms with Crippen molar-refractivity contribution in [2.75, 3.05) is 18.7 Å². The minimum absolute atomic E-state index is 0.0891. The smallest absolute Gasteiger partial charge is 0.0954 e. The molecule has 0 aliphatic carbocycles. The lowest BCUT2D eigenvalue weighted by Crippen LogP contribution is -2.33. The second-order valence-electron chi connectivity index (χ2n) is 3.96. The summed E-state index contributed by atoms with van der Waals surface area (Å²) >= 11 is 7.69. The number of alkyl halides is 1. The molecule has 1 aliphatic rings. The van der Waals surface area contributed by atoms with Gasteiger partial charge in [0, 0.05) is 16.5 Å². The standard InChI is InChI=1S/C12H16ClNOS/c1-14-10(7-13)12(15)9-2-3-11-8(6-9)4-5-16-11/h2-3,6,10,12,14-15H,4-5,7H2,1H3. The van der Waals surface area contributed by atoms with Crippen molar-refractivity contribution >= 4 is 23.4 Å². The van der Waals surface area contributed by atoms with Gasteiger partial charge in [0.1, 0.15) is 0 Å². The van der Waals surface area contributed by atoms with E-state index in [1.165, 1.54) is 10.5 Å². The number of aryl methyl sites for hydroxylation is 1. The van der Waals surface area contributed by atoms with Gasteiger partial charge in [-0.15, -0.1) is 23.4 Å². The highest BCUT2D eigenvalue weighted by Crippen LogP contribution is 2.33. The predicted molar refractivity (Wildman–Crippen MR) is 69.4 cm³/mol. The molecule has 0 spiro atoms. The maximum Gasteiger partial charge on any atom is 0.0954 e. The van der Waals surface area contributed by atoms with Gasteiger partial charge >= 0.3 is 0 Å². The number of hydrogen-bond acceptors (Lipinski definition) is 3. The average molecular weight is 258 g/mol. The van der Waals surface area contributed by atoms with Crippen LogP contribution < -0.4 is 5.32 Å². The first-order valence-electron chi connectivity index (χ1n) is 5.43. The predicted octanol–water partition coefficient (Wildman–Crippen LogP) is 2.20. The second-order valence-corrected chi connectivity index (χ2v) is 5.41. The van der Waals surface area contributed by atoms with Crippen LogP contribution in [0.3, 0.4) is 0 Å². The fourth-order valence-corrected chi connectivity index (χ4v) is 3.32. The Morgan fingerprint density at radius 2 is 2.38 bits per heavy atom. The number of halogens is 1. The monoisotopic (exact) mass is 257 g/mol. The van der Waals surface area contributed by atoms with E-state index in [0.717, 1.165) is 17.7 Å². The fraction of sp³-hybridized carbons (Fsp3) is 0.500. The lowest BCUT2D eigenvalue weighted by molar-refractivity contribution is 0.141. The van der Waals surface area contributed by atoms with Crippen LogP contribution in [-0.2, 0) is 6.42 Å². The molecule has 88 valence electrons. The summed E-state index contributed by atoms with van der Waals surface area (Å²) in [6.45, 7) is 0. The van der Waals surface area contributed by atoms with Crippen molar-refractivity contribution < 1.29 is 5.11 Å². The Bertz CT molecular complexity index is 368. The van der Waals surface area contributed by atoms with E-state index in [-0.39, 0.29) is 6.04 Å². The summed E-state index contributed by atoms with van der Waals surface area (Å²) in [5.74, 6) is 1.56. The molecule has 0 aromatic heterocycles. The highest BCUT2D eigenvalue weighted by atomic mass is 35.5. The van der Waals surface area contributed by atoms with E-state index in [1.54, 1.807) is 0 Å². The third kappa shape index (κ3) is 2.38. The summed E-state index contributed by atoms with van der Waals surface area (Å²) in [7, 11) is 1.82. The number of thioether (sulfide) groups is 1. The molecule has 2 atom stereocenters. The first-order chi connectivity index (χ1) is 7.76. The molecular formula is C12H16ClNOS. The summed E-state index contributed by atoms with van der Waals surface area (Å²) in [6.07, 6.45) is 0.574. The van der Waals surface area contributed by atoms with Crippen LogP contribution in [-0.4, -0.2) is 29.8 Å². The van der Waals surface area contributed by atoms with Crippen molar-refractivity contribution in [2.24, 2.45) is 0 Å². The molecule has 0 saturated heterocycles. The summed E-state index contributed by atoms with van der Waals surface area (Å²) < 4.78 is 0. The van der Waals surface area contributed by atoms with Gasteiger partial charge in [-0.2, -0.15) is 0 Å². The lowest BCUT2D eigenvalue weighted by Gasteiger charge is -2.21. The van der Waals surface area contributed by atoms with Crippen molar-refractivity contribution in [3.05, 3.63) is 29.3 Å². The number of likely N-dealkylation sites (N-methyl/N-ethyl adjacent to an activating group) is 1. The zero-order valence-corrected chi connectivity index (χ0v) is 10.8. The van der Waals surface area contributed by atoms with Crippen LogP contribution in [0.5, 0.6) is 0 Å². The zero-order valence-electron chi connectivity index (χ0n) is 9.24. The van der Waals surface area contributed by atoms with E-state index in [0.29, 0.717) is 5.88 Å². The summed E-state index contributed by atoms with van der Waals surface area (Å²) in [5.41, 5.74) is 2.31. The lowest BCUT2D eigenvalue weighted by atomic mass is 10.0. The molecule has 2 rings (SSSR count). The summed E-state index contributed by atoms with van der Waals surface area (Å²) in [5, 5.41) is 13.2. The second kappa shape index (κ2) is 5.41. The topological polar surface area (TPSA) is 32.3 Å². The molecule has 16 heavy (non-hydrogen) atoms. The van der Waals surface area contributed by atoms with Crippen molar-refractivity contribution in [1.29, 1.82) is 0 Å². The van der Waals surface area contributed by atoms with Gasteiger partial charge in [-0.05, 0) is 30.7 Å². The van der Waals surface area contributed by atoms with Crippen molar-refractivity contribution in [3.8, 4) is 0 Å². The van der Waals surface area contributed by atoms with Gasteiger partial charge < -0.3 is 10.4 Å². The molecule has 0 fully saturated rings. The molecule has 1 aromatic rings. The molecule has 2 nitrogen and oxygen atoms in total. The summed E-state index contributed by atoms with van der Waals surface area (Å²) in [6, 6.07) is 6.12. The maximum atomic E-state index is 10.2. The van der Waals surface area contributed by atoms with E-state index < -0.39 is 6.10 Å². The van der Waals surface area contributed by atoms with Crippen LogP contribution >= 0.6 is 23.4 Å². The number of aliphatic hydroxyl groups is 1. The highest BCUT2D eigenvalue weighted by Gasteiger charge is 2.20. The van der Waals surface area contributed by atoms with Crippen LogP contribution in [0.15, 0.2) is 23.1 Å². The Labute approximate surface area is 105 Å². The van der Waals surface area contributed by atoms with Crippen molar-refractivity contribution in [2.45, 2.75) is 23.5 Å². The van der Waals surface area contributed by atoms with Crippen LogP contribution in [0.1, 0.15) is 17.2 Å². The zero-order chi connectivity index (χ0) is 11.5. The molecule has 2 unspecified atom stereocenters. The number of aliphatic hydroxyl groups excluding tert-OH is 1. The van der Waals surface area contributed by atoms with E-state index in [4.69, 9.17) is 11.6 Å². The Balaban J connectivity index is 2.20. The minimum Gasteiger partial charge on any atom is -0.387 e. The number of benzene rings is 1. The largest absolute Gasteiger partial charge is 0.387 e. The molecule has 1 heterocycles. The van der Waals surface area contributed by atoms with E-state index in [2.05, 4.69) is 17.4 Å². The maximum absolute atomic E-state index is 10.2. The van der Waals surface area contributed by atoms with E-state index in [9.17, 15) is 5.11 Å². The number of nitrogens with one attached hydrogen (secondary N) is 1. The van der Waals surface area contributed by atoms with Crippen molar-refractivity contribution in [3.63, 3.8) is 0 Å². The molecule has 0 radical (unpaired) electrons. The third-order valence-electron chi connectivity index (χ3n) is 2.97. The molecule has 0 amide bonds.